The second-order valence-electron chi connectivity index (χ2n) is 6.30. The quantitative estimate of drug-likeness (QED) is 0.626. The van der Waals surface area contributed by atoms with Crippen LogP contribution in [-0.2, 0) is 9.62 Å². The fourth-order valence-corrected chi connectivity index (χ4v) is 3.26. The van der Waals surface area contributed by atoms with Crippen LogP contribution in [-0.4, -0.2) is 56.0 Å². The van der Waals surface area contributed by atoms with Crippen molar-refractivity contribution in [3.05, 3.63) is 66.0 Å². The summed E-state index contributed by atoms with van der Waals surface area (Å²) in [7, 11) is 1.48. The van der Waals surface area contributed by atoms with E-state index in [9.17, 15) is 0 Å². The number of benzene rings is 1. The van der Waals surface area contributed by atoms with E-state index >= 15 is 0 Å². The van der Waals surface area contributed by atoms with Gasteiger partial charge in [-0.1, -0.05) is 38.6 Å². The molecule has 0 aromatic heterocycles. The highest BCUT2D eigenvalue weighted by Crippen LogP contribution is 2.25. The van der Waals surface area contributed by atoms with E-state index < -0.39 is 0 Å². The molecule has 7 nitrogen and oxygen atoms in total. The number of nitrogens with zero attached hydrogens (tertiary/aromatic N) is 3. The van der Waals surface area contributed by atoms with Crippen LogP contribution in [0.15, 0.2) is 70.5 Å². The van der Waals surface area contributed by atoms with Gasteiger partial charge in [0.25, 0.3) is 0 Å². The first kappa shape index (κ1) is 20.8. The Balaban J connectivity index is 0.00000117. The van der Waals surface area contributed by atoms with Crippen LogP contribution in [0.1, 0.15) is 19.4 Å². The molecular formula is C22H28N4O3. The number of allylic oxidation sites excluding steroid dienone is 3. The second kappa shape index (κ2) is 10.0. The van der Waals surface area contributed by atoms with Gasteiger partial charge >= 0.3 is 0 Å². The minimum absolute atomic E-state index is 0.0750. The predicted molar refractivity (Wildman–Crippen MR) is 115 cm³/mol. The molecule has 0 spiro atoms. The number of ether oxygens (including phenoxy) is 1. The van der Waals surface area contributed by atoms with Crippen molar-refractivity contribution in [2.24, 2.45) is 9.98 Å². The lowest BCUT2D eigenvalue weighted by atomic mass is 10.0. The third-order valence-electron chi connectivity index (χ3n) is 4.58. The lowest BCUT2D eigenvalue weighted by Gasteiger charge is -2.36. The van der Waals surface area contributed by atoms with Crippen molar-refractivity contribution in [3.8, 4) is 5.75 Å². The molecule has 0 saturated carbocycles. The van der Waals surface area contributed by atoms with Crippen molar-refractivity contribution in [3.63, 3.8) is 0 Å². The van der Waals surface area contributed by atoms with Crippen molar-refractivity contribution in [1.29, 1.82) is 0 Å². The number of nitrogens with one attached hydrogen (secondary N) is 1. The van der Waals surface area contributed by atoms with Gasteiger partial charge in [0.2, 0.25) is 0 Å². The highest BCUT2D eigenvalue weighted by atomic mass is 17.2. The van der Waals surface area contributed by atoms with Gasteiger partial charge in [-0.15, -0.1) is 0 Å². The smallest absolute Gasteiger partial charge is 0.166 e. The molecule has 7 heteroatoms. The van der Waals surface area contributed by atoms with Gasteiger partial charge in [-0.2, -0.15) is 4.89 Å². The van der Waals surface area contributed by atoms with Crippen LogP contribution in [0.5, 0.6) is 5.75 Å². The van der Waals surface area contributed by atoms with E-state index in [1.165, 1.54) is 7.11 Å². The summed E-state index contributed by atoms with van der Waals surface area (Å²) in [5.74, 6) is 2.20. The lowest BCUT2D eigenvalue weighted by Crippen LogP contribution is -2.52. The number of morpholine rings is 1. The Morgan fingerprint density at radius 2 is 2.03 bits per heavy atom. The molecule has 154 valence electrons. The monoisotopic (exact) mass is 396 g/mol. The normalized spacial score (nSPS) is 20.5. The summed E-state index contributed by atoms with van der Waals surface area (Å²) in [4.78, 5) is 21.9. The van der Waals surface area contributed by atoms with Crippen molar-refractivity contribution in [2.75, 3.05) is 33.4 Å². The third-order valence-corrected chi connectivity index (χ3v) is 4.58. The van der Waals surface area contributed by atoms with E-state index in [1.807, 2.05) is 50.4 Å². The molecule has 0 radical (unpaired) electrons. The first-order valence-corrected chi connectivity index (χ1v) is 9.90. The van der Waals surface area contributed by atoms with E-state index in [-0.39, 0.29) is 6.04 Å². The van der Waals surface area contributed by atoms with E-state index in [0.29, 0.717) is 24.8 Å². The maximum absolute atomic E-state index is 5.50. The molecule has 3 heterocycles. The van der Waals surface area contributed by atoms with Crippen LogP contribution in [0.2, 0.25) is 0 Å². The average Bonchev–Trinajstić information content (AvgIpc) is 2.80. The van der Waals surface area contributed by atoms with Gasteiger partial charge in [0.15, 0.2) is 11.6 Å². The topological polar surface area (TPSA) is 67.7 Å². The zero-order chi connectivity index (χ0) is 20.6. The molecule has 4 rings (SSSR count). The number of amidine groups is 2. The van der Waals surface area contributed by atoms with Crippen LogP contribution < -0.4 is 10.2 Å². The highest BCUT2D eigenvalue weighted by molar-refractivity contribution is 6.11. The van der Waals surface area contributed by atoms with Gasteiger partial charge in [0, 0.05) is 24.9 Å². The van der Waals surface area contributed by atoms with Gasteiger partial charge in [0.05, 0.1) is 26.0 Å². The molecule has 0 aliphatic carbocycles. The Labute approximate surface area is 172 Å². The Morgan fingerprint density at radius 1 is 1.24 bits per heavy atom. The Hall–Kier alpha value is -2.90. The average molecular weight is 396 g/mol. The van der Waals surface area contributed by atoms with Crippen molar-refractivity contribution >= 4 is 11.7 Å². The molecule has 1 fully saturated rings. The van der Waals surface area contributed by atoms with Crippen LogP contribution >= 0.6 is 0 Å². The fraction of sp³-hybridized carbons (Fsp3) is 0.364. The largest absolute Gasteiger partial charge is 0.378 e. The molecule has 29 heavy (non-hydrogen) atoms. The summed E-state index contributed by atoms with van der Waals surface area (Å²) < 4.78 is 5.50. The molecule has 1 saturated heterocycles. The fourth-order valence-electron chi connectivity index (χ4n) is 3.26. The molecule has 1 aromatic carbocycles. The molecule has 3 aliphatic rings. The van der Waals surface area contributed by atoms with E-state index in [2.05, 4.69) is 16.8 Å². The summed E-state index contributed by atoms with van der Waals surface area (Å²) in [5.41, 5.74) is 2.77. The van der Waals surface area contributed by atoms with Crippen LogP contribution in [0.4, 0.5) is 0 Å². The minimum Gasteiger partial charge on any atom is -0.378 e. The standard InChI is InChI=1S/C20H22N4O3.C2H6/c1-3-14-11-17-18(21-13-14)20(24-7-9-26-10-8-24)23-19(22-17)15-5-4-6-16(12-15)27-25-2;1-2/h3-6,11-13,18,21H,1,7-10H2,2H3;1-2H3. The summed E-state index contributed by atoms with van der Waals surface area (Å²) in [5, 5.41) is 3.41. The maximum atomic E-state index is 5.50. The lowest BCUT2D eigenvalue weighted by molar-refractivity contribution is -0.178. The number of aliphatic imine (C=N–C) groups is 2. The second-order valence-corrected chi connectivity index (χ2v) is 6.30. The predicted octanol–water partition coefficient (Wildman–Crippen LogP) is 3.07. The zero-order valence-electron chi connectivity index (χ0n) is 17.2. The van der Waals surface area contributed by atoms with Crippen molar-refractivity contribution in [1.82, 2.24) is 10.2 Å². The van der Waals surface area contributed by atoms with E-state index in [4.69, 9.17) is 24.5 Å². The first-order valence-electron chi connectivity index (χ1n) is 9.90. The number of rotatable bonds is 4. The zero-order valence-corrected chi connectivity index (χ0v) is 17.2. The Kier molecular flexibility index (Phi) is 7.21. The number of hydrogen-bond donors (Lipinski definition) is 1. The first-order chi connectivity index (χ1) is 14.3. The number of fused-ring (bicyclic) bond motifs is 1. The molecule has 1 aromatic rings. The number of hydrogen-bond acceptors (Lipinski definition) is 7. The van der Waals surface area contributed by atoms with Crippen LogP contribution in [0.3, 0.4) is 0 Å². The molecule has 1 N–H and O–H groups in total. The van der Waals surface area contributed by atoms with Crippen LogP contribution in [0, 0.1) is 0 Å². The molecular weight excluding hydrogens is 368 g/mol. The van der Waals surface area contributed by atoms with E-state index in [0.717, 1.165) is 35.8 Å². The van der Waals surface area contributed by atoms with Gasteiger partial charge in [-0.25, -0.2) is 9.98 Å². The summed E-state index contributed by atoms with van der Waals surface area (Å²) in [6.07, 6.45) is 5.79. The summed E-state index contributed by atoms with van der Waals surface area (Å²) in [6, 6.07) is 7.47. The third kappa shape index (κ3) is 4.75. The minimum atomic E-state index is -0.0750. The van der Waals surface area contributed by atoms with Gasteiger partial charge in [-0.05, 0) is 23.8 Å². The highest BCUT2D eigenvalue weighted by Gasteiger charge is 2.32. The summed E-state index contributed by atoms with van der Waals surface area (Å²) >= 11 is 0. The molecule has 3 aliphatic heterocycles. The van der Waals surface area contributed by atoms with E-state index in [1.54, 1.807) is 6.08 Å². The Bertz CT molecular complexity index is 851. The molecule has 0 bridgehead atoms. The SMILES string of the molecule is C=CC1=CNC2C(=C1)N=C(c1cccc(OOC)c1)N=C2N1CCOCC1.CC. The van der Waals surface area contributed by atoms with Crippen molar-refractivity contribution < 1.29 is 14.5 Å². The number of dihydropyridines is 1. The van der Waals surface area contributed by atoms with Gasteiger partial charge in [0.1, 0.15) is 11.9 Å². The molecule has 0 amide bonds. The summed E-state index contributed by atoms with van der Waals surface area (Å²) in [6.45, 7) is 10.9. The van der Waals surface area contributed by atoms with Crippen LogP contribution in [0.25, 0.3) is 0 Å². The maximum Gasteiger partial charge on any atom is 0.166 e. The van der Waals surface area contributed by atoms with Gasteiger partial charge < -0.3 is 19.8 Å². The molecule has 1 unspecified atom stereocenters. The van der Waals surface area contributed by atoms with Crippen molar-refractivity contribution in [2.45, 2.75) is 19.9 Å². The molecule has 1 atom stereocenters. The Morgan fingerprint density at radius 3 is 2.76 bits per heavy atom. The van der Waals surface area contributed by atoms with Gasteiger partial charge in [-0.3, -0.25) is 0 Å².